The molecule has 8 heteroatoms. The first-order chi connectivity index (χ1) is 13.3. The van der Waals surface area contributed by atoms with Crippen LogP contribution in [0.25, 0.3) is 5.69 Å². The normalized spacial score (nSPS) is 10.8. The van der Waals surface area contributed by atoms with Crippen LogP contribution < -0.4 is 10.9 Å². The number of amides is 2. The minimum absolute atomic E-state index is 0.0390. The van der Waals surface area contributed by atoms with E-state index in [0.29, 0.717) is 22.0 Å². The Hall–Kier alpha value is -3.06. The average molecular weight is 400 g/mol. The zero-order chi connectivity index (χ0) is 20.4. The molecule has 0 aliphatic rings. The molecule has 0 bridgehead atoms. The summed E-state index contributed by atoms with van der Waals surface area (Å²) in [6.07, 6.45) is 0. The fourth-order valence-corrected chi connectivity index (χ4v) is 3.30. The molecule has 1 aromatic carbocycles. The molecular weight excluding hydrogens is 378 g/mol. The van der Waals surface area contributed by atoms with Crippen LogP contribution in [0.2, 0.25) is 5.02 Å². The SMILES string of the molecule is Cc1nn(CC(=O)NNC(=O)c2cc(C)n(-c3ccccc3)c2C)c(C)c1Cl. The summed E-state index contributed by atoms with van der Waals surface area (Å²) in [4.78, 5) is 24.7. The molecule has 0 atom stereocenters. The predicted octanol–water partition coefficient (Wildman–Crippen LogP) is 3.02. The minimum atomic E-state index is -0.396. The zero-order valence-corrected chi connectivity index (χ0v) is 17.0. The number of aromatic nitrogens is 3. The van der Waals surface area contributed by atoms with Gasteiger partial charge in [0.2, 0.25) is 0 Å². The highest BCUT2D eigenvalue weighted by Gasteiger charge is 2.18. The Morgan fingerprint density at radius 2 is 1.71 bits per heavy atom. The maximum atomic E-state index is 12.6. The third-order valence-electron chi connectivity index (χ3n) is 4.59. The van der Waals surface area contributed by atoms with Crippen LogP contribution in [-0.2, 0) is 11.3 Å². The summed E-state index contributed by atoms with van der Waals surface area (Å²) in [5.74, 6) is -0.775. The van der Waals surface area contributed by atoms with Crippen LogP contribution in [0.5, 0.6) is 0 Å². The highest BCUT2D eigenvalue weighted by Crippen LogP contribution is 2.21. The second kappa shape index (κ2) is 7.90. The number of hydrogen-bond acceptors (Lipinski definition) is 3. The van der Waals surface area contributed by atoms with Crippen molar-refractivity contribution in [2.24, 2.45) is 0 Å². The largest absolute Gasteiger partial charge is 0.318 e. The maximum absolute atomic E-state index is 12.6. The molecule has 146 valence electrons. The van der Waals surface area contributed by atoms with E-state index in [2.05, 4.69) is 16.0 Å². The third-order valence-corrected chi connectivity index (χ3v) is 5.14. The number of halogens is 1. The molecule has 2 N–H and O–H groups in total. The lowest BCUT2D eigenvalue weighted by molar-refractivity contribution is -0.122. The van der Waals surface area contributed by atoms with E-state index >= 15 is 0 Å². The average Bonchev–Trinajstić information content (AvgIpc) is 3.10. The Kier molecular flexibility index (Phi) is 5.56. The minimum Gasteiger partial charge on any atom is -0.318 e. The summed E-state index contributed by atoms with van der Waals surface area (Å²) in [5, 5.41) is 4.74. The van der Waals surface area contributed by atoms with Crippen LogP contribution in [0.4, 0.5) is 0 Å². The number of hydrogen-bond donors (Lipinski definition) is 2. The quantitative estimate of drug-likeness (QED) is 0.662. The fourth-order valence-electron chi connectivity index (χ4n) is 3.17. The molecule has 2 aromatic heterocycles. The van der Waals surface area contributed by atoms with Gasteiger partial charge in [0.1, 0.15) is 6.54 Å². The summed E-state index contributed by atoms with van der Waals surface area (Å²) < 4.78 is 3.50. The molecule has 0 saturated heterocycles. The molecule has 7 nitrogen and oxygen atoms in total. The zero-order valence-electron chi connectivity index (χ0n) is 16.2. The lowest BCUT2D eigenvalue weighted by atomic mass is 10.2. The van der Waals surface area contributed by atoms with Gasteiger partial charge in [-0.3, -0.25) is 25.1 Å². The van der Waals surface area contributed by atoms with Crippen LogP contribution in [-0.4, -0.2) is 26.2 Å². The Bertz CT molecular complexity index is 1040. The summed E-state index contributed by atoms with van der Waals surface area (Å²) in [6, 6.07) is 11.6. The topological polar surface area (TPSA) is 81.0 Å². The van der Waals surface area contributed by atoms with Gasteiger partial charge in [-0.15, -0.1) is 0 Å². The van der Waals surface area contributed by atoms with Crippen LogP contribution in [0, 0.1) is 27.7 Å². The first kappa shape index (κ1) is 19.7. The number of rotatable bonds is 4. The smallest absolute Gasteiger partial charge is 0.271 e. The Labute approximate surface area is 168 Å². The van der Waals surface area contributed by atoms with Crippen molar-refractivity contribution in [1.82, 2.24) is 25.2 Å². The van der Waals surface area contributed by atoms with Gasteiger partial charge in [-0.2, -0.15) is 5.10 Å². The molecule has 3 aromatic rings. The van der Waals surface area contributed by atoms with Crippen LogP contribution in [0.15, 0.2) is 36.4 Å². The molecular formula is C20H22ClN5O2. The van der Waals surface area contributed by atoms with Gasteiger partial charge in [0.05, 0.1) is 22.0 Å². The van der Waals surface area contributed by atoms with E-state index in [4.69, 9.17) is 11.6 Å². The van der Waals surface area contributed by atoms with Crippen molar-refractivity contribution < 1.29 is 9.59 Å². The van der Waals surface area contributed by atoms with E-state index in [1.807, 2.05) is 48.7 Å². The first-order valence-electron chi connectivity index (χ1n) is 8.82. The van der Waals surface area contributed by atoms with Crippen molar-refractivity contribution in [1.29, 1.82) is 0 Å². The Balaban J connectivity index is 1.68. The Morgan fingerprint density at radius 1 is 1.04 bits per heavy atom. The summed E-state index contributed by atoms with van der Waals surface area (Å²) >= 11 is 6.09. The van der Waals surface area contributed by atoms with Crippen molar-refractivity contribution in [2.75, 3.05) is 0 Å². The summed E-state index contributed by atoms with van der Waals surface area (Å²) in [5.41, 5.74) is 9.44. The van der Waals surface area contributed by atoms with Crippen LogP contribution in [0.1, 0.15) is 33.1 Å². The van der Waals surface area contributed by atoms with Crippen molar-refractivity contribution in [3.8, 4) is 5.69 Å². The van der Waals surface area contributed by atoms with E-state index in [9.17, 15) is 9.59 Å². The highest BCUT2D eigenvalue weighted by molar-refractivity contribution is 6.31. The van der Waals surface area contributed by atoms with Gasteiger partial charge >= 0.3 is 0 Å². The number of nitrogens with zero attached hydrogens (tertiary/aromatic N) is 3. The van der Waals surface area contributed by atoms with Gasteiger partial charge in [0, 0.05) is 17.1 Å². The number of para-hydroxylation sites is 1. The maximum Gasteiger partial charge on any atom is 0.271 e. The van der Waals surface area contributed by atoms with Crippen molar-refractivity contribution in [3.05, 3.63) is 69.8 Å². The number of aryl methyl sites for hydroxylation is 2. The van der Waals surface area contributed by atoms with E-state index < -0.39 is 5.91 Å². The lowest BCUT2D eigenvalue weighted by Gasteiger charge is -2.10. The summed E-state index contributed by atoms with van der Waals surface area (Å²) in [7, 11) is 0. The van der Waals surface area contributed by atoms with Gasteiger partial charge < -0.3 is 4.57 Å². The third kappa shape index (κ3) is 3.80. The monoisotopic (exact) mass is 399 g/mol. The van der Waals surface area contributed by atoms with E-state index in [1.54, 1.807) is 19.9 Å². The molecule has 2 heterocycles. The van der Waals surface area contributed by atoms with E-state index in [1.165, 1.54) is 4.68 Å². The van der Waals surface area contributed by atoms with Gasteiger partial charge in [0.25, 0.3) is 11.8 Å². The molecule has 0 radical (unpaired) electrons. The Morgan fingerprint density at radius 3 is 2.32 bits per heavy atom. The molecule has 0 unspecified atom stereocenters. The van der Waals surface area contributed by atoms with Gasteiger partial charge in [-0.1, -0.05) is 29.8 Å². The molecule has 0 saturated carbocycles. The lowest BCUT2D eigenvalue weighted by Crippen LogP contribution is -2.43. The van der Waals surface area contributed by atoms with Crippen LogP contribution in [0.3, 0.4) is 0 Å². The highest BCUT2D eigenvalue weighted by atomic mass is 35.5. The standard InChI is InChI=1S/C20H22ClN5O2/c1-12-10-17(14(3)26(12)16-8-6-5-7-9-16)20(28)23-22-18(27)11-25-15(4)19(21)13(2)24-25/h5-10H,11H2,1-4H3,(H,22,27)(H,23,28). The van der Waals surface area contributed by atoms with E-state index in [-0.39, 0.29) is 12.5 Å². The van der Waals surface area contributed by atoms with Crippen LogP contribution >= 0.6 is 11.6 Å². The number of hydrazine groups is 1. The van der Waals surface area contributed by atoms with E-state index in [0.717, 1.165) is 17.1 Å². The fraction of sp³-hybridized carbons (Fsp3) is 0.250. The van der Waals surface area contributed by atoms with Gasteiger partial charge in [0.15, 0.2) is 0 Å². The molecule has 3 rings (SSSR count). The molecule has 0 aliphatic carbocycles. The number of nitrogens with one attached hydrogen (secondary N) is 2. The molecule has 2 amide bonds. The number of carbonyl (C=O) groups excluding carboxylic acids is 2. The predicted molar refractivity (Wildman–Crippen MR) is 108 cm³/mol. The van der Waals surface area contributed by atoms with Gasteiger partial charge in [-0.05, 0) is 45.9 Å². The molecule has 0 fully saturated rings. The first-order valence-corrected chi connectivity index (χ1v) is 9.20. The second-order valence-corrected chi connectivity index (χ2v) is 6.98. The number of benzene rings is 1. The van der Waals surface area contributed by atoms with Crippen molar-refractivity contribution >= 4 is 23.4 Å². The molecule has 0 aliphatic heterocycles. The molecule has 0 spiro atoms. The second-order valence-electron chi connectivity index (χ2n) is 6.60. The molecule has 28 heavy (non-hydrogen) atoms. The van der Waals surface area contributed by atoms with Gasteiger partial charge in [-0.25, -0.2) is 0 Å². The number of carbonyl (C=O) groups is 2. The van der Waals surface area contributed by atoms with Crippen molar-refractivity contribution in [2.45, 2.75) is 34.2 Å². The summed E-state index contributed by atoms with van der Waals surface area (Å²) in [6.45, 7) is 7.32. The van der Waals surface area contributed by atoms with Crippen molar-refractivity contribution in [3.63, 3.8) is 0 Å².